The first-order chi connectivity index (χ1) is 26.8. The lowest BCUT2D eigenvalue weighted by atomic mass is 10.1. The molecule has 4 heterocycles. The number of pyridine rings is 1. The van der Waals surface area contributed by atoms with Crippen molar-refractivity contribution in [2.75, 3.05) is 18.0 Å². The fourth-order valence-corrected chi connectivity index (χ4v) is 6.17. The number of nitrogens with zero attached hydrogens (tertiary/aromatic N) is 6. The van der Waals surface area contributed by atoms with Crippen LogP contribution in [0.2, 0.25) is 0 Å². The van der Waals surface area contributed by atoms with Crippen molar-refractivity contribution in [3.05, 3.63) is 77.6 Å². The molecule has 0 unspecified atom stereocenters. The number of amides is 3. The molecule has 1 aliphatic heterocycles. The molecule has 17 heteroatoms. The number of carbonyl (C=O) groups is 4. The van der Waals surface area contributed by atoms with Gasteiger partial charge < -0.3 is 24.3 Å². The highest BCUT2D eigenvalue weighted by Gasteiger charge is 2.41. The molecule has 15 nitrogen and oxygen atoms in total. The molecule has 3 amide bonds. The normalized spacial score (nSPS) is 17.1. The van der Waals surface area contributed by atoms with Gasteiger partial charge in [-0.15, -0.1) is 0 Å². The van der Waals surface area contributed by atoms with Crippen LogP contribution in [0.1, 0.15) is 94.5 Å². The Morgan fingerprint density at radius 3 is 2.39 bits per heavy atom. The van der Waals surface area contributed by atoms with Crippen LogP contribution in [0.4, 0.5) is 24.2 Å². The topological polar surface area (TPSA) is 182 Å². The van der Waals surface area contributed by atoms with Gasteiger partial charge in [0, 0.05) is 49.5 Å². The Balaban J connectivity index is 1.10. The number of hydrogen-bond donors (Lipinski definition) is 2. The van der Waals surface area contributed by atoms with E-state index in [4.69, 9.17) is 13.9 Å². The average molecular weight is 792 g/mol. The molecule has 0 spiro atoms. The smallest absolute Gasteiger partial charge is 0.416 e. The van der Waals surface area contributed by atoms with Gasteiger partial charge in [0.1, 0.15) is 40.7 Å². The van der Waals surface area contributed by atoms with Gasteiger partial charge in [-0.05, 0) is 90.1 Å². The number of carbonyl (C=O) groups excluding carboxylic acids is 4. The highest BCUT2D eigenvalue weighted by molar-refractivity contribution is 5.96. The van der Waals surface area contributed by atoms with Gasteiger partial charge >= 0.3 is 12.2 Å². The van der Waals surface area contributed by atoms with Crippen LogP contribution in [-0.4, -0.2) is 90.1 Å². The molecular formula is C40H47F2N7O8. The van der Waals surface area contributed by atoms with Gasteiger partial charge in [-0.3, -0.25) is 19.4 Å². The minimum atomic E-state index is -2.97. The third kappa shape index (κ3) is 10.6. The number of ketones is 1. The Labute approximate surface area is 328 Å². The number of benzene rings is 1. The largest absolute Gasteiger partial charge is 0.444 e. The number of ether oxygens (including phenoxy) is 2. The number of oxazole rings is 1. The number of likely N-dealkylation sites (tertiary alicyclic amines) is 1. The van der Waals surface area contributed by atoms with Gasteiger partial charge in [-0.2, -0.15) is 5.10 Å². The molecular weight excluding hydrogens is 744 g/mol. The zero-order valence-corrected chi connectivity index (χ0v) is 32.7. The molecule has 0 radical (unpaired) electrons. The molecule has 2 atom stereocenters. The number of aliphatic hydroxyl groups excluding tert-OH is 1. The van der Waals surface area contributed by atoms with Crippen molar-refractivity contribution in [2.45, 2.75) is 104 Å². The van der Waals surface area contributed by atoms with E-state index in [1.807, 2.05) is 0 Å². The molecule has 304 valence electrons. The minimum Gasteiger partial charge on any atom is -0.444 e. The average Bonchev–Trinajstić information content (AvgIpc) is 3.46. The zero-order chi connectivity index (χ0) is 41.2. The number of anilines is 1. The van der Waals surface area contributed by atoms with Crippen LogP contribution in [0.5, 0.6) is 0 Å². The molecule has 1 aromatic carbocycles. The predicted octanol–water partition coefficient (Wildman–Crippen LogP) is 6.42. The van der Waals surface area contributed by atoms with Gasteiger partial charge in [0.2, 0.25) is 11.8 Å². The summed E-state index contributed by atoms with van der Waals surface area (Å²) in [6.07, 6.45) is 0.585. The molecule has 4 aromatic rings. The number of β-amino-alcohol motifs (C(OH)–C–C–N with tert-alkyl or cyclic N) is 1. The maximum absolute atomic E-state index is 14.2. The summed E-state index contributed by atoms with van der Waals surface area (Å²) in [7, 11) is 0. The van der Waals surface area contributed by atoms with Gasteiger partial charge in [-0.1, -0.05) is 12.1 Å². The Kier molecular flexibility index (Phi) is 11.8. The van der Waals surface area contributed by atoms with Crippen LogP contribution in [0, 0.1) is 5.92 Å². The molecule has 2 fully saturated rings. The monoisotopic (exact) mass is 791 g/mol. The van der Waals surface area contributed by atoms with Crippen LogP contribution < -0.4 is 10.2 Å². The first-order valence-electron chi connectivity index (χ1n) is 18.7. The quantitative estimate of drug-likeness (QED) is 0.151. The minimum absolute atomic E-state index is 0.00320. The lowest BCUT2D eigenvalue weighted by Crippen LogP contribution is -2.47. The zero-order valence-electron chi connectivity index (χ0n) is 32.7. The predicted molar refractivity (Wildman–Crippen MR) is 202 cm³/mol. The summed E-state index contributed by atoms with van der Waals surface area (Å²) in [5, 5.41) is 17.0. The number of Topliss-reactive ketones (excluding diaryl/α,β-unsaturated/α-hetero) is 1. The van der Waals surface area contributed by atoms with Crippen LogP contribution in [-0.2, 0) is 27.2 Å². The van der Waals surface area contributed by atoms with E-state index in [0.29, 0.717) is 35.1 Å². The number of nitrogens with one attached hydrogen (secondary N) is 1. The molecule has 1 aliphatic carbocycles. The van der Waals surface area contributed by atoms with E-state index in [2.05, 4.69) is 20.4 Å². The third-order valence-corrected chi connectivity index (χ3v) is 9.07. The summed E-state index contributed by atoms with van der Waals surface area (Å²) >= 11 is 0. The van der Waals surface area contributed by atoms with Gasteiger partial charge in [0.15, 0.2) is 5.78 Å². The Bertz CT molecular complexity index is 2100. The highest BCUT2D eigenvalue weighted by Crippen LogP contribution is 2.33. The second kappa shape index (κ2) is 16.4. The van der Waals surface area contributed by atoms with E-state index in [0.717, 1.165) is 19.1 Å². The lowest BCUT2D eigenvalue weighted by molar-refractivity contribution is -0.125. The van der Waals surface area contributed by atoms with Crippen molar-refractivity contribution in [3.63, 3.8) is 0 Å². The maximum atomic E-state index is 14.2. The van der Waals surface area contributed by atoms with Crippen LogP contribution >= 0.6 is 0 Å². The van der Waals surface area contributed by atoms with Gasteiger partial charge in [-0.25, -0.2) is 33.0 Å². The van der Waals surface area contributed by atoms with E-state index in [-0.39, 0.29) is 36.7 Å². The first kappa shape index (κ1) is 40.9. The van der Waals surface area contributed by atoms with E-state index in [1.54, 1.807) is 77.9 Å². The molecule has 57 heavy (non-hydrogen) atoms. The number of alkyl halides is 2. The number of halogens is 2. The number of aliphatic hydroxyl groups is 1. The molecule has 2 aliphatic rings. The molecule has 0 bridgehead atoms. The van der Waals surface area contributed by atoms with E-state index in [1.165, 1.54) is 26.9 Å². The molecule has 3 aromatic heterocycles. The van der Waals surface area contributed by atoms with E-state index < -0.39 is 65.8 Å². The summed E-state index contributed by atoms with van der Waals surface area (Å²) in [4.78, 5) is 63.5. The fraction of sp³-hybridized carbons (Fsp3) is 0.475. The van der Waals surface area contributed by atoms with Crippen LogP contribution in [0.15, 0.2) is 59.5 Å². The summed E-state index contributed by atoms with van der Waals surface area (Å²) in [6, 6.07) is 8.95. The third-order valence-electron chi connectivity index (χ3n) is 9.07. The van der Waals surface area contributed by atoms with Gasteiger partial charge in [0.05, 0.1) is 18.3 Å². The van der Waals surface area contributed by atoms with Crippen molar-refractivity contribution in [3.8, 4) is 17.1 Å². The summed E-state index contributed by atoms with van der Waals surface area (Å²) in [5.41, 5.74) is -0.559. The van der Waals surface area contributed by atoms with Crippen molar-refractivity contribution >= 4 is 29.7 Å². The SMILES string of the molecule is CC(C)(C)OC(=O)N(CC1CC1)c1cc(-c2nc(C(=O)Cc3cn(-c4ccc(CNC(=O)[C@@H]5C[C@@H](O)CN5C(=O)OC(C)(C)C)cc4)nc3C(F)F)co2)ccn1. The molecule has 6 rings (SSSR count). The summed E-state index contributed by atoms with van der Waals surface area (Å²) in [6.45, 7) is 11.0. The van der Waals surface area contributed by atoms with E-state index >= 15 is 0 Å². The van der Waals surface area contributed by atoms with Crippen molar-refractivity contribution in [1.29, 1.82) is 0 Å². The standard InChI is InChI=1S/C40H47F2N7O8/c1-39(2,3)56-37(53)47-21-28(50)17-30(47)35(52)44-18-23-9-11-27(12-10-23)49-20-26(33(46-49)34(41)42)15-31(51)29-22-55-36(45-29)25-13-14-43-32(16-25)48(19-24-7-8-24)38(54)57-40(4,5)6/h9-14,16,20,22,24,28,30,34,50H,7-8,15,17-19,21H2,1-6H3,(H,44,52)/t28-,30+/m1/s1. The van der Waals surface area contributed by atoms with Crippen LogP contribution in [0.3, 0.4) is 0 Å². The van der Waals surface area contributed by atoms with Crippen molar-refractivity contribution in [1.82, 2.24) is 30.0 Å². The Hall–Kier alpha value is -5.71. The maximum Gasteiger partial charge on any atom is 0.416 e. The summed E-state index contributed by atoms with van der Waals surface area (Å²) < 4.78 is 46.2. The lowest BCUT2D eigenvalue weighted by Gasteiger charge is -2.27. The van der Waals surface area contributed by atoms with Crippen molar-refractivity contribution < 1.29 is 47.0 Å². The number of rotatable bonds is 12. The molecule has 1 saturated carbocycles. The molecule has 2 N–H and O–H groups in total. The number of aromatic nitrogens is 4. The molecule has 1 saturated heterocycles. The van der Waals surface area contributed by atoms with Gasteiger partial charge in [0.25, 0.3) is 6.43 Å². The second-order valence-corrected chi connectivity index (χ2v) is 16.3. The highest BCUT2D eigenvalue weighted by atomic mass is 19.3. The second-order valence-electron chi connectivity index (χ2n) is 16.3. The van der Waals surface area contributed by atoms with Crippen molar-refractivity contribution in [2.24, 2.45) is 5.92 Å². The summed E-state index contributed by atoms with van der Waals surface area (Å²) in [5.74, 6) is -0.267. The number of hydrogen-bond acceptors (Lipinski definition) is 11. The van der Waals surface area contributed by atoms with E-state index in [9.17, 15) is 33.1 Å². The van der Waals surface area contributed by atoms with Crippen LogP contribution in [0.25, 0.3) is 17.1 Å². The Morgan fingerprint density at radius 2 is 1.74 bits per heavy atom. The fourth-order valence-electron chi connectivity index (χ4n) is 6.17. The first-order valence-corrected chi connectivity index (χ1v) is 18.7. The Morgan fingerprint density at radius 1 is 1.04 bits per heavy atom.